The molecular weight excluding hydrogens is 134 g/mol. The van der Waals surface area contributed by atoms with Crippen molar-refractivity contribution in [3.8, 4) is 0 Å². The minimum atomic E-state index is 0.618. The summed E-state index contributed by atoms with van der Waals surface area (Å²) in [5, 5.41) is 0.618. The van der Waals surface area contributed by atoms with Crippen molar-refractivity contribution in [2.75, 3.05) is 13.2 Å². The summed E-state index contributed by atoms with van der Waals surface area (Å²) in [6.07, 6.45) is 2.02. The Morgan fingerprint density at radius 2 is 2.22 bits per heavy atom. The average Bonchev–Trinajstić information content (AvgIpc) is 1.80. The molecule has 0 aromatic heterocycles. The maximum atomic E-state index is 5.26. The number of nitrogens with two attached hydrogens (primary N) is 1. The second-order valence-corrected chi connectivity index (χ2v) is 2.41. The van der Waals surface area contributed by atoms with Crippen molar-refractivity contribution in [3.63, 3.8) is 0 Å². The lowest BCUT2D eigenvalue weighted by molar-refractivity contribution is 0.301. The van der Waals surface area contributed by atoms with Crippen LogP contribution in [0.2, 0.25) is 0 Å². The van der Waals surface area contributed by atoms with Gasteiger partial charge >= 0.3 is 0 Å². The lowest BCUT2D eigenvalue weighted by Gasteiger charge is -2.00. The third-order valence-electron chi connectivity index (χ3n) is 0.904. The fourth-order valence-electron chi connectivity index (χ4n) is 0.462. The van der Waals surface area contributed by atoms with E-state index < -0.39 is 0 Å². The summed E-state index contributed by atoms with van der Waals surface area (Å²) in [6.45, 7) is 3.23. The summed E-state index contributed by atoms with van der Waals surface area (Å²) >= 11 is 4.69. The van der Waals surface area contributed by atoms with Gasteiger partial charge in [-0.1, -0.05) is 0 Å². The second-order valence-electron chi connectivity index (χ2n) is 1.84. The first-order chi connectivity index (χ1) is 4.27. The molecule has 0 saturated carbocycles. The van der Waals surface area contributed by atoms with Crippen LogP contribution in [-0.4, -0.2) is 18.2 Å². The van der Waals surface area contributed by atoms with Gasteiger partial charge in [0.05, 0.1) is 6.61 Å². The van der Waals surface area contributed by atoms with Gasteiger partial charge in [0.2, 0.25) is 0 Å². The van der Waals surface area contributed by atoms with Gasteiger partial charge in [0.1, 0.15) is 0 Å². The van der Waals surface area contributed by atoms with E-state index in [2.05, 4.69) is 0 Å². The molecule has 0 saturated heterocycles. The minimum absolute atomic E-state index is 0.618. The molecule has 0 heterocycles. The van der Waals surface area contributed by atoms with Crippen molar-refractivity contribution in [1.82, 2.24) is 0 Å². The van der Waals surface area contributed by atoms with Crippen LogP contribution in [0.3, 0.4) is 0 Å². The maximum Gasteiger partial charge on any atom is 0.156 e. The van der Waals surface area contributed by atoms with E-state index in [1.165, 1.54) is 0 Å². The van der Waals surface area contributed by atoms with Crippen molar-refractivity contribution < 1.29 is 4.74 Å². The van der Waals surface area contributed by atoms with Gasteiger partial charge in [-0.05, 0) is 31.6 Å². The van der Waals surface area contributed by atoms with Gasteiger partial charge in [0.25, 0.3) is 0 Å². The van der Waals surface area contributed by atoms with Crippen LogP contribution >= 0.6 is 12.2 Å². The van der Waals surface area contributed by atoms with Gasteiger partial charge in [-0.15, -0.1) is 0 Å². The minimum Gasteiger partial charge on any atom is -0.487 e. The first-order valence-electron chi connectivity index (χ1n) is 3.11. The molecule has 0 aliphatic rings. The Labute approximate surface area is 61.4 Å². The number of ether oxygens (including phenoxy) is 1. The Morgan fingerprint density at radius 1 is 1.56 bits per heavy atom. The molecule has 2 N–H and O–H groups in total. The monoisotopic (exact) mass is 147 g/mol. The van der Waals surface area contributed by atoms with Crippen molar-refractivity contribution in [3.05, 3.63) is 0 Å². The number of hydrogen-bond acceptors (Lipinski definition) is 3. The third-order valence-corrected chi connectivity index (χ3v) is 1.02. The highest BCUT2D eigenvalue weighted by molar-refractivity contribution is 7.80. The number of rotatable bonds is 4. The second kappa shape index (κ2) is 5.98. The molecule has 3 heteroatoms. The van der Waals surface area contributed by atoms with E-state index in [-0.39, 0.29) is 0 Å². The molecule has 2 nitrogen and oxygen atoms in total. The Balaban J connectivity index is 2.83. The van der Waals surface area contributed by atoms with E-state index in [0.29, 0.717) is 11.7 Å². The Morgan fingerprint density at radius 3 is 2.67 bits per heavy atom. The van der Waals surface area contributed by atoms with E-state index in [0.717, 1.165) is 19.4 Å². The fourth-order valence-corrected chi connectivity index (χ4v) is 0.546. The zero-order valence-corrected chi connectivity index (χ0v) is 6.54. The molecule has 0 unspecified atom stereocenters. The molecule has 0 aliphatic carbocycles. The molecule has 54 valence electrons. The smallest absolute Gasteiger partial charge is 0.156 e. The van der Waals surface area contributed by atoms with Crippen LogP contribution in [0, 0.1) is 0 Å². The van der Waals surface area contributed by atoms with Gasteiger partial charge < -0.3 is 10.5 Å². The normalized spacial score (nSPS) is 9.11. The molecule has 0 aromatic rings. The zero-order valence-electron chi connectivity index (χ0n) is 5.72. The van der Waals surface area contributed by atoms with Crippen molar-refractivity contribution in [2.45, 2.75) is 19.8 Å². The van der Waals surface area contributed by atoms with E-state index in [9.17, 15) is 0 Å². The predicted molar refractivity (Wildman–Crippen MR) is 42.5 cm³/mol. The lowest BCUT2D eigenvalue weighted by Crippen LogP contribution is -2.03. The molecule has 0 aliphatic heterocycles. The lowest BCUT2D eigenvalue weighted by atomic mass is 10.3. The van der Waals surface area contributed by atoms with Crippen LogP contribution in [0.4, 0.5) is 0 Å². The number of thiocarbonyl (C=S) groups is 1. The molecule has 0 bridgehead atoms. The summed E-state index contributed by atoms with van der Waals surface area (Å²) < 4.78 is 5.02. The van der Waals surface area contributed by atoms with Crippen LogP contribution < -0.4 is 5.73 Å². The van der Waals surface area contributed by atoms with Crippen molar-refractivity contribution in [2.24, 2.45) is 5.73 Å². The summed E-state index contributed by atoms with van der Waals surface area (Å²) in [4.78, 5) is 0. The molecule has 0 radical (unpaired) electrons. The Kier molecular flexibility index (Phi) is 5.88. The van der Waals surface area contributed by atoms with Gasteiger partial charge in [-0.3, -0.25) is 0 Å². The largest absolute Gasteiger partial charge is 0.487 e. The van der Waals surface area contributed by atoms with Crippen LogP contribution in [0.15, 0.2) is 0 Å². The summed E-state index contributed by atoms with van der Waals surface area (Å²) in [6, 6.07) is 0. The van der Waals surface area contributed by atoms with E-state index in [4.69, 9.17) is 22.7 Å². The van der Waals surface area contributed by atoms with E-state index in [1.54, 1.807) is 6.92 Å². The molecule has 0 fully saturated rings. The van der Waals surface area contributed by atoms with Gasteiger partial charge in [-0.2, -0.15) is 0 Å². The summed E-state index contributed by atoms with van der Waals surface area (Å²) in [5.74, 6) is 0. The first kappa shape index (κ1) is 8.85. The molecule has 0 aromatic carbocycles. The van der Waals surface area contributed by atoms with Crippen LogP contribution in [-0.2, 0) is 4.74 Å². The first-order valence-corrected chi connectivity index (χ1v) is 3.51. The summed E-state index contributed by atoms with van der Waals surface area (Å²) in [5.41, 5.74) is 5.26. The van der Waals surface area contributed by atoms with Gasteiger partial charge in [-0.25, -0.2) is 0 Å². The standard InChI is InChI=1S/C6H13NOS/c1-6(9)8-5-3-2-4-7/h2-5,7H2,1H3. The molecule has 0 atom stereocenters. The highest BCUT2D eigenvalue weighted by atomic mass is 32.1. The maximum absolute atomic E-state index is 5.26. The van der Waals surface area contributed by atoms with Crippen LogP contribution in [0.25, 0.3) is 0 Å². The molecule has 0 amide bonds. The zero-order chi connectivity index (χ0) is 7.11. The van der Waals surface area contributed by atoms with Gasteiger partial charge in [0.15, 0.2) is 5.05 Å². The Bertz CT molecular complexity index is 85.1. The number of unbranched alkanes of at least 4 members (excludes halogenated alkanes) is 1. The van der Waals surface area contributed by atoms with E-state index >= 15 is 0 Å². The quantitative estimate of drug-likeness (QED) is 0.477. The average molecular weight is 147 g/mol. The SMILES string of the molecule is CC(=S)OCCCCN. The van der Waals surface area contributed by atoms with Gasteiger partial charge in [0, 0.05) is 6.92 Å². The molecule has 0 spiro atoms. The summed E-state index contributed by atoms with van der Waals surface area (Å²) in [7, 11) is 0. The molecular formula is C6H13NOS. The topological polar surface area (TPSA) is 35.2 Å². The molecule has 9 heavy (non-hydrogen) atoms. The van der Waals surface area contributed by atoms with Crippen LogP contribution in [0.5, 0.6) is 0 Å². The predicted octanol–water partition coefficient (Wildman–Crippen LogP) is 1.09. The van der Waals surface area contributed by atoms with E-state index in [1.807, 2.05) is 0 Å². The molecule has 0 rings (SSSR count). The Hall–Kier alpha value is -0.150. The van der Waals surface area contributed by atoms with Crippen molar-refractivity contribution >= 4 is 17.3 Å². The fraction of sp³-hybridized carbons (Fsp3) is 0.833. The van der Waals surface area contributed by atoms with Crippen molar-refractivity contribution in [1.29, 1.82) is 0 Å². The number of hydrogen-bond donors (Lipinski definition) is 1. The highest BCUT2D eigenvalue weighted by Gasteiger charge is 1.87. The third kappa shape index (κ3) is 7.85. The highest BCUT2D eigenvalue weighted by Crippen LogP contribution is 1.88. The van der Waals surface area contributed by atoms with Crippen LogP contribution in [0.1, 0.15) is 19.8 Å².